The Labute approximate surface area is 63.1 Å². The fraction of sp³-hybridized carbons (Fsp3) is 1.00. The van der Waals surface area contributed by atoms with E-state index in [1.165, 1.54) is 0 Å². The quantitative estimate of drug-likeness (QED) is 0.379. The molecule has 0 rings (SSSR count). The van der Waals surface area contributed by atoms with Gasteiger partial charge >= 0.3 is 46.2 Å². The molecule has 0 aliphatic rings. The van der Waals surface area contributed by atoms with Crippen molar-refractivity contribution in [2.75, 3.05) is 6.61 Å². The van der Waals surface area contributed by atoms with Crippen LogP contribution in [0.4, 0.5) is 0 Å². The second-order valence-corrected chi connectivity index (χ2v) is 1.15. The standard InChI is InChI=1S/C2H5O.Al.Na.3H/c1-2-3;;;;;/h2H2,1H3;;;;;/q-1;+1;;;;. The maximum atomic E-state index is 4.68. The predicted octanol–water partition coefficient (Wildman–Crippen LogP) is -1.08. The molecule has 0 bridgehead atoms. The van der Waals surface area contributed by atoms with E-state index in [0.717, 1.165) is 23.2 Å². The third-order valence-electron chi connectivity index (χ3n) is 0.289. The summed E-state index contributed by atoms with van der Waals surface area (Å²) in [6.07, 6.45) is 0. The van der Waals surface area contributed by atoms with E-state index in [1.54, 1.807) is 0 Å². The molecule has 26 valence electrons. The van der Waals surface area contributed by atoms with Gasteiger partial charge in [0, 0.05) is 6.61 Å². The van der Waals surface area contributed by atoms with Crippen molar-refractivity contribution in [1.82, 2.24) is 0 Å². The van der Waals surface area contributed by atoms with Gasteiger partial charge in [0.05, 0.1) is 0 Å². The number of hydrogen-bond donors (Lipinski definition) is 0. The van der Waals surface area contributed by atoms with Crippen LogP contribution in [0.25, 0.3) is 0 Å². The molecule has 0 aromatic heterocycles. The Morgan fingerprint density at radius 3 is 2.00 bits per heavy atom. The summed E-state index contributed by atoms with van der Waals surface area (Å²) in [5.41, 5.74) is 0. The van der Waals surface area contributed by atoms with Crippen LogP contribution in [-0.2, 0) is 3.79 Å². The molecule has 1 nitrogen and oxygen atoms in total. The van der Waals surface area contributed by atoms with Crippen LogP contribution in [0, 0.1) is 0 Å². The zero-order valence-corrected chi connectivity index (χ0v) is 5.12. The SMILES string of the molecule is CC[O][AlH2].[NaH]. The number of hydrogen-bond acceptors (Lipinski definition) is 1. The van der Waals surface area contributed by atoms with Gasteiger partial charge in [-0.05, 0) is 6.92 Å². The van der Waals surface area contributed by atoms with Crippen molar-refractivity contribution >= 4 is 46.2 Å². The molecule has 0 aliphatic carbocycles. The van der Waals surface area contributed by atoms with Crippen molar-refractivity contribution in [3.05, 3.63) is 0 Å². The molecule has 0 saturated carbocycles. The normalized spacial score (nSPS) is 5.80. The van der Waals surface area contributed by atoms with Gasteiger partial charge in [0.2, 0.25) is 0 Å². The van der Waals surface area contributed by atoms with Gasteiger partial charge in [-0.3, -0.25) is 0 Å². The van der Waals surface area contributed by atoms with Crippen molar-refractivity contribution in [3.63, 3.8) is 0 Å². The molecule has 0 N–H and O–H groups in total. The van der Waals surface area contributed by atoms with Crippen molar-refractivity contribution in [1.29, 1.82) is 0 Å². The Morgan fingerprint density at radius 1 is 1.80 bits per heavy atom. The maximum absolute atomic E-state index is 4.68. The Morgan fingerprint density at radius 2 is 2.00 bits per heavy atom. The second kappa shape index (κ2) is 9.09. The average molecular weight is 98.1 g/mol. The van der Waals surface area contributed by atoms with E-state index >= 15 is 0 Å². The number of rotatable bonds is 1. The Kier molecular flexibility index (Phi) is 17.6. The van der Waals surface area contributed by atoms with Gasteiger partial charge < -0.3 is 3.79 Å². The molecule has 0 aliphatic heterocycles. The van der Waals surface area contributed by atoms with E-state index in [9.17, 15) is 0 Å². The zero-order valence-electron chi connectivity index (χ0n) is 3.12. The average Bonchev–Trinajstić information content (AvgIpc) is 1.37. The van der Waals surface area contributed by atoms with Crippen LogP contribution in [0.3, 0.4) is 0 Å². The molecule has 0 spiro atoms. The minimum atomic E-state index is 0. The summed E-state index contributed by atoms with van der Waals surface area (Å²) in [5, 5.41) is 0. The van der Waals surface area contributed by atoms with E-state index in [1.807, 2.05) is 6.92 Å². The van der Waals surface area contributed by atoms with E-state index in [0.29, 0.717) is 0 Å². The summed E-state index contributed by atoms with van der Waals surface area (Å²) in [6.45, 7) is 2.87. The molecule has 0 saturated heterocycles. The van der Waals surface area contributed by atoms with Crippen LogP contribution in [0.5, 0.6) is 0 Å². The van der Waals surface area contributed by atoms with Gasteiger partial charge in [-0.1, -0.05) is 0 Å². The van der Waals surface area contributed by atoms with Gasteiger partial charge in [0.15, 0.2) is 0 Å². The molecule has 5 heavy (non-hydrogen) atoms. The molecule has 0 amide bonds. The third-order valence-corrected chi connectivity index (χ3v) is 0.866. The Bertz CT molecular complexity index is 11.6. The zero-order chi connectivity index (χ0) is 3.41. The van der Waals surface area contributed by atoms with E-state index in [4.69, 9.17) is 0 Å². The molecule has 0 aromatic carbocycles. The fourth-order valence-corrected chi connectivity index (χ4v) is 0. The van der Waals surface area contributed by atoms with Gasteiger partial charge in [-0.15, -0.1) is 0 Å². The first kappa shape index (κ1) is 9.70. The van der Waals surface area contributed by atoms with E-state index in [-0.39, 0.29) is 29.6 Å². The summed E-state index contributed by atoms with van der Waals surface area (Å²) < 4.78 is 4.68. The van der Waals surface area contributed by atoms with Crippen LogP contribution in [0.1, 0.15) is 6.92 Å². The third kappa shape index (κ3) is 10.8. The van der Waals surface area contributed by atoms with Gasteiger partial charge in [0.1, 0.15) is 0 Å². The summed E-state index contributed by atoms with van der Waals surface area (Å²) in [4.78, 5) is 0. The van der Waals surface area contributed by atoms with Gasteiger partial charge in [-0.2, -0.15) is 0 Å². The van der Waals surface area contributed by atoms with Crippen LogP contribution in [-0.4, -0.2) is 52.8 Å². The van der Waals surface area contributed by atoms with Crippen LogP contribution in [0.2, 0.25) is 0 Å². The summed E-state index contributed by atoms with van der Waals surface area (Å²) in [7, 11) is 0. The van der Waals surface area contributed by atoms with E-state index < -0.39 is 0 Å². The van der Waals surface area contributed by atoms with Crippen LogP contribution in [0.15, 0.2) is 0 Å². The molecule has 3 heteroatoms. The first-order chi connectivity index (χ1) is 1.91. The van der Waals surface area contributed by atoms with Gasteiger partial charge in [-0.25, -0.2) is 0 Å². The minimum absolute atomic E-state index is 0. The fourth-order valence-electron chi connectivity index (χ4n) is 0. The molecular formula is C2H8AlNaO. The molecule has 0 radical (unpaired) electrons. The van der Waals surface area contributed by atoms with Crippen molar-refractivity contribution in [2.45, 2.75) is 6.92 Å². The molecule has 0 fully saturated rings. The summed E-state index contributed by atoms with van der Waals surface area (Å²) in [6, 6.07) is 0. The van der Waals surface area contributed by atoms with Crippen LogP contribution < -0.4 is 0 Å². The monoisotopic (exact) mass is 98.0 g/mol. The van der Waals surface area contributed by atoms with Crippen molar-refractivity contribution in [2.24, 2.45) is 0 Å². The van der Waals surface area contributed by atoms with Crippen molar-refractivity contribution in [3.8, 4) is 0 Å². The first-order valence-electron chi connectivity index (χ1n) is 1.40. The topological polar surface area (TPSA) is 9.23 Å². The molecule has 0 heterocycles. The molecule has 0 unspecified atom stereocenters. The Balaban J connectivity index is 0. The summed E-state index contributed by atoms with van der Waals surface area (Å²) in [5.74, 6) is 0. The van der Waals surface area contributed by atoms with Crippen LogP contribution >= 0.6 is 0 Å². The first-order valence-corrected chi connectivity index (χ1v) is 2.22. The van der Waals surface area contributed by atoms with E-state index in [2.05, 4.69) is 3.79 Å². The van der Waals surface area contributed by atoms with Gasteiger partial charge in [0.25, 0.3) is 0 Å². The summed E-state index contributed by atoms with van der Waals surface area (Å²) >= 11 is 0.890. The molecule has 0 atom stereocenters. The molecule has 0 aromatic rings. The Hall–Kier alpha value is 1.49. The molecular weight excluding hydrogens is 90.0 g/mol. The second-order valence-electron chi connectivity index (χ2n) is 0.577. The predicted molar refractivity (Wildman–Crippen MR) is 27.3 cm³/mol. The van der Waals surface area contributed by atoms with Crippen molar-refractivity contribution < 1.29 is 3.79 Å².